The fraction of sp³-hybridized carbons (Fsp3) is 0.542. The first-order valence-corrected chi connectivity index (χ1v) is 12.0. The number of hydrogen-bond acceptors (Lipinski definition) is 6. The first kappa shape index (κ1) is 32.5. The first-order chi connectivity index (χ1) is 18.5. The Bertz CT molecular complexity index is 1100. The Balaban J connectivity index is 0.000000333. The van der Waals surface area contributed by atoms with Crippen LogP contribution in [0.3, 0.4) is 0 Å². The van der Waals surface area contributed by atoms with E-state index in [1.807, 2.05) is 35.0 Å². The van der Waals surface area contributed by atoms with Crippen LogP contribution in [0.15, 0.2) is 36.9 Å². The summed E-state index contributed by atoms with van der Waals surface area (Å²) in [4.78, 5) is 39.0. The van der Waals surface area contributed by atoms with Crippen LogP contribution in [0.25, 0.3) is 0 Å². The molecule has 0 bridgehead atoms. The van der Waals surface area contributed by atoms with E-state index < -0.39 is 24.3 Å². The lowest BCUT2D eigenvalue weighted by molar-refractivity contribution is -0.193. The van der Waals surface area contributed by atoms with Gasteiger partial charge in [-0.3, -0.25) is 19.4 Å². The molecule has 2 aromatic heterocycles. The molecule has 0 saturated carbocycles. The monoisotopic (exact) mass is 581 g/mol. The van der Waals surface area contributed by atoms with Gasteiger partial charge in [0, 0.05) is 50.8 Å². The van der Waals surface area contributed by atoms with Crippen molar-refractivity contribution in [3.05, 3.63) is 48.0 Å². The third-order valence-electron chi connectivity index (χ3n) is 6.59. The number of nitrogens with zero attached hydrogens (tertiary/aromatic N) is 5. The Morgan fingerprint density at radius 3 is 1.80 bits per heavy atom. The first-order valence-electron chi connectivity index (χ1n) is 12.0. The molecule has 0 radical (unpaired) electrons. The van der Waals surface area contributed by atoms with E-state index in [2.05, 4.69) is 21.2 Å². The number of amides is 1. The van der Waals surface area contributed by atoms with Crippen molar-refractivity contribution in [2.75, 3.05) is 26.2 Å². The van der Waals surface area contributed by atoms with Crippen molar-refractivity contribution in [3.8, 4) is 0 Å². The molecule has 0 unspecified atom stereocenters. The maximum absolute atomic E-state index is 12.6. The number of aliphatic carboxylic acids is 2. The average Bonchev–Trinajstić information content (AvgIpc) is 3.30. The van der Waals surface area contributed by atoms with Gasteiger partial charge in [0.15, 0.2) is 0 Å². The van der Waals surface area contributed by atoms with Gasteiger partial charge < -0.3 is 15.1 Å². The van der Waals surface area contributed by atoms with Crippen molar-refractivity contribution >= 4 is 17.8 Å². The number of carbonyl (C=O) groups excluding carboxylic acids is 1. The quantitative estimate of drug-likeness (QED) is 0.527. The molecule has 0 aliphatic carbocycles. The average molecular weight is 582 g/mol. The third-order valence-corrected chi connectivity index (χ3v) is 6.59. The van der Waals surface area contributed by atoms with Gasteiger partial charge in [-0.15, -0.1) is 0 Å². The van der Waals surface area contributed by atoms with Gasteiger partial charge >= 0.3 is 24.3 Å². The molecule has 2 aromatic rings. The number of halogens is 6. The minimum atomic E-state index is -5.08. The molecule has 2 saturated heterocycles. The molecule has 2 aliphatic heterocycles. The number of carboxylic acid groups (broad SMARTS) is 2. The van der Waals surface area contributed by atoms with E-state index in [0.717, 1.165) is 45.6 Å². The highest BCUT2D eigenvalue weighted by molar-refractivity contribution is 5.93. The predicted molar refractivity (Wildman–Crippen MR) is 127 cm³/mol. The van der Waals surface area contributed by atoms with Gasteiger partial charge in [-0.2, -0.15) is 31.4 Å². The van der Waals surface area contributed by atoms with E-state index in [1.54, 1.807) is 12.4 Å². The molecule has 16 heteroatoms. The van der Waals surface area contributed by atoms with Crippen molar-refractivity contribution in [2.45, 2.75) is 44.6 Å². The zero-order valence-electron chi connectivity index (χ0n) is 21.5. The molecule has 2 fully saturated rings. The molecule has 222 valence electrons. The van der Waals surface area contributed by atoms with Crippen LogP contribution in [0.2, 0.25) is 0 Å². The Kier molecular flexibility index (Phi) is 11.0. The molecule has 4 rings (SSSR count). The number of pyridine rings is 1. The van der Waals surface area contributed by atoms with Gasteiger partial charge in [-0.05, 0) is 56.3 Å². The van der Waals surface area contributed by atoms with Gasteiger partial charge in [-0.25, -0.2) is 9.59 Å². The van der Waals surface area contributed by atoms with Crippen molar-refractivity contribution < 1.29 is 50.9 Å². The molecular formula is C24H29F6N5O5. The number of rotatable bonds is 3. The number of carboxylic acids is 2. The summed E-state index contributed by atoms with van der Waals surface area (Å²) >= 11 is 0. The summed E-state index contributed by atoms with van der Waals surface area (Å²) < 4.78 is 65.3. The topological polar surface area (TPSA) is 129 Å². The van der Waals surface area contributed by atoms with E-state index in [0.29, 0.717) is 11.0 Å². The van der Waals surface area contributed by atoms with Gasteiger partial charge in [0.1, 0.15) is 0 Å². The Morgan fingerprint density at radius 2 is 1.40 bits per heavy atom. The number of alkyl halides is 6. The van der Waals surface area contributed by atoms with Crippen LogP contribution in [0, 0.1) is 5.41 Å². The number of piperidine rings is 2. The van der Waals surface area contributed by atoms with Crippen LogP contribution in [0.5, 0.6) is 0 Å². The Labute approximate surface area is 225 Å². The van der Waals surface area contributed by atoms with E-state index in [9.17, 15) is 31.1 Å². The molecular weight excluding hydrogens is 552 g/mol. The summed E-state index contributed by atoms with van der Waals surface area (Å²) in [5.74, 6) is -5.39. The lowest BCUT2D eigenvalue weighted by atomic mass is 9.71. The summed E-state index contributed by atoms with van der Waals surface area (Å²) in [5, 5.41) is 18.5. The van der Waals surface area contributed by atoms with E-state index in [-0.39, 0.29) is 5.91 Å². The van der Waals surface area contributed by atoms with Gasteiger partial charge in [0.2, 0.25) is 0 Å². The second-order valence-electron chi connectivity index (χ2n) is 9.44. The summed E-state index contributed by atoms with van der Waals surface area (Å²) in [6.45, 7) is 5.03. The zero-order chi connectivity index (χ0) is 30.1. The molecule has 1 amide bonds. The van der Waals surface area contributed by atoms with Crippen molar-refractivity contribution in [1.29, 1.82) is 0 Å². The van der Waals surface area contributed by atoms with Crippen LogP contribution < -0.4 is 0 Å². The maximum Gasteiger partial charge on any atom is 0.490 e. The van der Waals surface area contributed by atoms with Gasteiger partial charge in [0.25, 0.3) is 5.91 Å². The second kappa shape index (κ2) is 13.6. The highest BCUT2D eigenvalue weighted by Gasteiger charge is 2.40. The fourth-order valence-electron chi connectivity index (χ4n) is 4.35. The summed E-state index contributed by atoms with van der Waals surface area (Å²) in [5.41, 5.74) is 2.42. The third kappa shape index (κ3) is 10.1. The fourth-order valence-corrected chi connectivity index (χ4v) is 4.35. The number of aromatic nitrogens is 3. The molecule has 2 N–H and O–H groups in total. The highest BCUT2D eigenvalue weighted by Crippen LogP contribution is 2.41. The molecule has 0 aromatic carbocycles. The minimum Gasteiger partial charge on any atom is -0.475 e. The van der Waals surface area contributed by atoms with Crippen molar-refractivity contribution in [2.24, 2.45) is 12.5 Å². The molecule has 40 heavy (non-hydrogen) atoms. The predicted octanol–water partition coefficient (Wildman–Crippen LogP) is 3.60. The summed E-state index contributed by atoms with van der Waals surface area (Å²) in [6, 6.07) is 3.69. The largest absolute Gasteiger partial charge is 0.490 e. The molecule has 0 atom stereocenters. The van der Waals surface area contributed by atoms with E-state index >= 15 is 0 Å². The molecule has 2 aliphatic rings. The van der Waals surface area contributed by atoms with Crippen molar-refractivity contribution in [3.63, 3.8) is 0 Å². The van der Waals surface area contributed by atoms with Crippen molar-refractivity contribution in [1.82, 2.24) is 24.6 Å². The SMILES string of the molecule is Cn1cc(CN2CCC3(CC2)CCN(C(=O)c2cccnc2)CC3)cn1.O=C(O)C(F)(F)F.O=C(O)C(F)(F)F. The zero-order valence-corrected chi connectivity index (χ0v) is 21.5. The smallest absolute Gasteiger partial charge is 0.475 e. The summed E-state index contributed by atoms with van der Waals surface area (Å²) in [7, 11) is 1.97. The van der Waals surface area contributed by atoms with Gasteiger partial charge in [0.05, 0.1) is 11.8 Å². The van der Waals surface area contributed by atoms with Crippen LogP contribution in [-0.4, -0.2) is 91.2 Å². The normalized spacial score (nSPS) is 17.2. The number of likely N-dealkylation sites (tertiary alicyclic amines) is 2. The number of aryl methyl sites for hydroxylation is 1. The molecule has 4 heterocycles. The molecule has 1 spiro atoms. The molecule has 10 nitrogen and oxygen atoms in total. The highest BCUT2D eigenvalue weighted by atomic mass is 19.4. The van der Waals surface area contributed by atoms with Gasteiger partial charge in [-0.1, -0.05) is 0 Å². The number of hydrogen-bond donors (Lipinski definition) is 2. The van der Waals surface area contributed by atoms with E-state index in [1.165, 1.54) is 18.4 Å². The lowest BCUT2D eigenvalue weighted by Gasteiger charge is -2.46. The lowest BCUT2D eigenvalue weighted by Crippen LogP contribution is -2.48. The van der Waals surface area contributed by atoms with Crippen LogP contribution in [0.1, 0.15) is 41.6 Å². The number of carbonyl (C=O) groups is 3. The Morgan fingerprint density at radius 1 is 0.900 bits per heavy atom. The maximum atomic E-state index is 12.6. The van der Waals surface area contributed by atoms with Crippen LogP contribution >= 0.6 is 0 Å². The second-order valence-corrected chi connectivity index (χ2v) is 9.44. The standard InChI is InChI=1S/C20H27N5O.2C2HF3O2/c1-23-15-17(13-22-23)16-24-9-4-20(5-10-24)6-11-25(12-7-20)19(26)18-3-2-8-21-14-18;2*3-2(4,5)1(6)7/h2-3,8,13-15H,4-7,9-12,16H2,1H3;2*(H,6,7). The Hall–Kier alpha value is -3.69. The van der Waals surface area contributed by atoms with Crippen LogP contribution in [-0.2, 0) is 23.2 Å². The minimum absolute atomic E-state index is 0.127. The van der Waals surface area contributed by atoms with Crippen LogP contribution in [0.4, 0.5) is 26.3 Å². The summed E-state index contributed by atoms with van der Waals surface area (Å²) in [6.07, 6.45) is 2.01. The van der Waals surface area contributed by atoms with E-state index in [4.69, 9.17) is 19.8 Å².